The van der Waals surface area contributed by atoms with Gasteiger partial charge in [-0.1, -0.05) is 264 Å². The molecule has 0 fully saturated rings. The fourth-order valence-corrected chi connectivity index (χ4v) is 9.26. The van der Waals surface area contributed by atoms with Gasteiger partial charge >= 0.3 is 7.82 Å². The molecule has 62 heavy (non-hydrogen) atoms. The zero-order valence-corrected chi connectivity index (χ0v) is 43.3. The zero-order chi connectivity index (χ0) is 45.7. The van der Waals surface area contributed by atoms with Crippen LogP contribution in [0.25, 0.3) is 0 Å². The molecule has 0 aliphatic carbocycles. The number of quaternary nitrogens is 1. The van der Waals surface area contributed by atoms with E-state index in [0.717, 1.165) is 38.5 Å². The molecule has 0 radical (unpaired) electrons. The van der Waals surface area contributed by atoms with Crippen molar-refractivity contribution < 1.29 is 32.9 Å². The average molecular weight is 902 g/mol. The van der Waals surface area contributed by atoms with Crippen LogP contribution in [-0.4, -0.2) is 73.4 Å². The van der Waals surface area contributed by atoms with Crippen molar-refractivity contribution in [3.8, 4) is 0 Å². The maximum Gasteiger partial charge on any atom is 0.472 e. The van der Waals surface area contributed by atoms with Gasteiger partial charge in [0.25, 0.3) is 0 Å². The highest BCUT2D eigenvalue weighted by Crippen LogP contribution is 2.43. The van der Waals surface area contributed by atoms with Gasteiger partial charge in [-0.3, -0.25) is 13.8 Å². The molecule has 0 saturated carbocycles. The molecule has 0 heterocycles. The number of aliphatic hydroxyl groups is 1. The van der Waals surface area contributed by atoms with Gasteiger partial charge in [-0.05, 0) is 12.8 Å². The molecule has 3 atom stereocenters. The number of hydrogen-bond donors (Lipinski definition) is 3. The second kappa shape index (κ2) is 45.6. The quantitative estimate of drug-likeness (QED) is 0.0319. The Labute approximate surface area is 387 Å². The zero-order valence-electron chi connectivity index (χ0n) is 42.4. The first-order chi connectivity index (χ1) is 30.0. The van der Waals surface area contributed by atoms with Crippen LogP contribution >= 0.6 is 7.82 Å². The molecule has 8 nitrogen and oxygen atoms in total. The number of aliphatic hydroxyl groups excluding tert-OH is 1. The molecule has 1 amide bonds. The van der Waals surface area contributed by atoms with E-state index in [2.05, 4.69) is 19.2 Å². The summed E-state index contributed by atoms with van der Waals surface area (Å²) in [4.78, 5) is 23.2. The largest absolute Gasteiger partial charge is 0.472 e. The third-order valence-corrected chi connectivity index (χ3v) is 13.8. The molecule has 0 aliphatic heterocycles. The van der Waals surface area contributed by atoms with Crippen LogP contribution in [-0.2, 0) is 18.4 Å². The first-order valence-corrected chi connectivity index (χ1v) is 28.9. The van der Waals surface area contributed by atoms with Gasteiger partial charge in [0.15, 0.2) is 0 Å². The van der Waals surface area contributed by atoms with Crippen molar-refractivity contribution in [2.75, 3.05) is 40.9 Å². The lowest BCUT2D eigenvalue weighted by Gasteiger charge is -2.26. The van der Waals surface area contributed by atoms with Crippen molar-refractivity contribution in [3.05, 3.63) is 0 Å². The van der Waals surface area contributed by atoms with Crippen LogP contribution in [0.2, 0.25) is 0 Å². The van der Waals surface area contributed by atoms with Crippen LogP contribution in [0.15, 0.2) is 0 Å². The van der Waals surface area contributed by atoms with Gasteiger partial charge in [-0.25, -0.2) is 4.57 Å². The van der Waals surface area contributed by atoms with Crippen molar-refractivity contribution in [1.29, 1.82) is 0 Å². The Balaban J connectivity index is 3.96. The van der Waals surface area contributed by atoms with E-state index < -0.39 is 20.0 Å². The maximum absolute atomic E-state index is 12.9. The van der Waals surface area contributed by atoms with Gasteiger partial charge in [0.2, 0.25) is 5.91 Å². The first kappa shape index (κ1) is 61.5. The molecule has 0 bridgehead atoms. The number of hydrogen-bond acceptors (Lipinski definition) is 5. The molecule has 372 valence electrons. The number of likely N-dealkylation sites (N-methyl/N-ethyl adjacent to an activating group) is 1. The number of unbranched alkanes of at least 4 members (excludes halogenated alkanes) is 38. The van der Waals surface area contributed by atoms with Crippen LogP contribution in [0.3, 0.4) is 0 Å². The minimum atomic E-state index is -4.31. The number of nitrogens with zero attached hydrogens (tertiary/aromatic N) is 1. The minimum absolute atomic E-state index is 0.0786. The van der Waals surface area contributed by atoms with Gasteiger partial charge in [-0.2, -0.15) is 0 Å². The summed E-state index contributed by atoms with van der Waals surface area (Å²) in [5.74, 6) is -0.142. The van der Waals surface area contributed by atoms with Crippen molar-refractivity contribution in [3.63, 3.8) is 0 Å². The second-order valence-corrected chi connectivity index (χ2v) is 21.8. The Kier molecular flexibility index (Phi) is 45.3. The third-order valence-electron chi connectivity index (χ3n) is 12.9. The van der Waals surface area contributed by atoms with E-state index in [-0.39, 0.29) is 19.1 Å². The monoisotopic (exact) mass is 902 g/mol. The Morgan fingerprint density at radius 3 is 1.08 bits per heavy atom. The summed E-state index contributed by atoms with van der Waals surface area (Å²) in [5.41, 5.74) is 0. The summed E-state index contributed by atoms with van der Waals surface area (Å²) in [6.45, 7) is 4.91. The molecule has 0 aromatic heterocycles. The van der Waals surface area contributed by atoms with E-state index in [9.17, 15) is 19.4 Å². The highest BCUT2D eigenvalue weighted by atomic mass is 31.2. The van der Waals surface area contributed by atoms with E-state index in [1.807, 2.05) is 21.1 Å². The molecule has 0 rings (SSSR count). The van der Waals surface area contributed by atoms with E-state index >= 15 is 0 Å². The van der Waals surface area contributed by atoms with E-state index in [1.54, 1.807) is 0 Å². The normalized spacial score (nSPS) is 14.0. The summed E-state index contributed by atoms with van der Waals surface area (Å²) in [5, 5.41) is 14.0. The van der Waals surface area contributed by atoms with Gasteiger partial charge in [-0.15, -0.1) is 0 Å². The van der Waals surface area contributed by atoms with Crippen molar-refractivity contribution in [2.45, 2.75) is 296 Å². The molecular weight excluding hydrogens is 792 g/mol. The lowest BCUT2D eigenvalue weighted by atomic mass is 10.0. The number of phosphoric ester groups is 1. The lowest BCUT2D eigenvalue weighted by molar-refractivity contribution is -0.870. The summed E-state index contributed by atoms with van der Waals surface area (Å²) in [7, 11) is 1.63. The van der Waals surface area contributed by atoms with Crippen molar-refractivity contribution in [1.82, 2.24) is 5.32 Å². The summed E-state index contributed by atoms with van der Waals surface area (Å²) < 4.78 is 23.7. The lowest BCUT2D eigenvalue weighted by Crippen LogP contribution is -2.46. The van der Waals surface area contributed by atoms with Crippen LogP contribution in [0, 0.1) is 0 Å². The Morgan fingerprint density at radius 1 is 0.484 bits per heavy atom. The standard InChI is InChI=1S/C53H109N2O6P/c1-6-8-10-12-14-16-18-19-20-21-22-23-24-25-26-27-28-29-30-31-32-33-34-35-36-37-38-40-42-44-46-52(56)51(50-61-62(58,59)60-49-48-55(3,4)5)54-53(57)47-45-43-41-39-17-15-13-11-9-7-2/h51-52,56H,6-50H2,1-5H3,(H-,54,57,58,59)/p+1. The van der Waals surface area contributed by atoms with Gasteiger partial charge in [0, 0.05) is 6.42 Å². The number of carbonyl (C=O) groups is 1. The van der Waals surface area contributed by atoms with Gasteiger partial charge < -0.3 is 19.8 Å². The number of carbonyl (C=O) groups excluding carboxylic acids is 1. The average Bonchev–Trinajstić information content (AvgIpc) is 3.23. The Hall–Kier alpha value is -0.500. The molecular formula is C53H110N2O6P+. The van der Waals surface area contributed by atoms with Gasteiger partial charge in [0.1, 0.15) is 13.2 Å². The second-order valence-electron chi connectivity index (χ2n) is 20.3. The molecule has 0 saturated heterocycles. The first-order valence-electron chi connectivity index (χ1n) is 27.4. The van der Waals surface area contributed by atoms with Crippen LogP contribution in [0.1, 0.15) is 284 Å². The highest BCUT2D eigenvalue weighted by molar-refractivity contribution is 7.47. The minimum Gasteiger partial charge on any atom is -0.391 e. The van der Waals surface area contributed by atoms with E-state index in [1.165, 1.54) is 218 Å². The summed E-state index contributed by atoms with van der Waals surface area (Å²) in [6, 6.07) is -0.753. The molecule has 0 aliphatic rings. The number of phosphoric acid groups is 1. The molecule has 0 aromatic carbocycles. The maximum atomic E-state index is 12.9. The Bertz CT molecular complexity index is 978. The molecule has 0 spiro atoms. The number of rotatable bonds is 51. The number of nitrogens with one attached hydrogen (secondary N) is 1. The van der Waals surface area contributed by atoms with E-state index in [0.29, 0.717) is 23.9 Å². The van der Waals surface area contributed by atoms with E-state index in [4.69, 9.17) is 9.05 Å². The molecule has 0 aromatic rings. The highest BCUT2D eigenvalue weighted by Gasteiger charge is 2.28. The summed E-state index contributed by atoms with van der Waals surface area (Å²) >= 11 is 0. The predicted molar refractivity (Wildman–Crippen MR) is 268 cm³/mol. The van der Waals surface area contributed by atoms with Crippen LogP contribution in [0.4, 0.5) is 0 Å². The van der Waals surface area contributed by atoms with Crippen molar-refractivity contribution in [2.24, 2.45) is 0 Å². The fourth-order valence-electron chi connectivity index (χ4n) is 8.52. The third kappa shape index (κ3) is 47.5. The van der Waals surface area contributed by atoms with Crippen molar-refractivity contribution >= 4 is 13.7 Å². The molecule has 3 unspecified atom stereocenters. The SMILES string of the molecule is CCCCCCCCCCCCCCCCCCCCCCCCCCCCCCCCC(O)C(COP(=O)(O)OCC[N+](C)(C)C)NC(=O)CCCCCCCCCCCC. The summed E-state index contributed by atoms with van der Waals surface area (Å²) in [6.07, 6.45) is 53.2. The smallest absolute Gasteiger partial charge is 0.391 e. The Morgan fingerprint density at radius 2 is 0.774 bits per heavy atom. The predicted octanol–water partition coefficient (Wildman–Crippen LogP) is 16.1. The van der Waals surface area contributed by atoms with Gasteiger partial charge in [0.05, 0.1) is 39.9 Å². The number of amides is 1. The topological polar surface area (TPSA) is 105 Å². The molecule has 9 heteroatoms. The van der Waals surface area contributed by atoms with Crippen LogP contribution < -0.4 is 5.32 Å². The fraction of sp³-hybridized carbons (Fsp3) is 0.981. The molecule has 3 N–H and O–H groups in total. The van der Waals surface area contributed by atoms with Crippen LogP contribution in [0.5, 0.6) is 0 Å².